The molecule has 1 amide bonds. The maximum absolute atomic E-state index is 12.1. The van der Waals surface area contributed by atoms with E-state index in [-0.39, 0.29) is 5.91 Å². The second-order valence-electron chi connectivity index (χ2n) is 4.24. The van der Waals surface area contributed by atoms with Gasteiger partial charge in [0.25, 0.3) is 5.91 Å². The highest BCUT2D eigenvalue weighted by molar-refractivity contribution is 6.04. The summed E-state index contributed by atoms with van der Waals surface area (Å²) < 4.78 is 4.68. The molecular formula is C15H16N2O3. The monoisotopic (exact) mass is 272 g/mol. The molecule has 0 aliphatic rings. The SMILES string of the molecule is CCNCc1ccccc1NC(=O)c1ccc(=O)oc1. The van der Waals surface area contributed by atoms with Crippen molar-refractivity contribution >= 4 is 11.6 Å². The number of benzene rings is 1. The predicted molar refractivity (Wildman–Crippen MR) is 76.8 cm³/mol. The molecule has 0 radical (unpaired) electrons. The van der Waals surface area contributed by atoms with Crippen molar-refractivity contribution in [2.24, 2.45) is 0 Å². The number of hydrogen-bond acceptors (Lipinski definition) is 4. The zero-order valence-electron chi connectivity index (χ0n) is 11.2. The van der Waals surface area contributed by atoms with Gasteiger partial charge in [-0.2, -0.15) is 0 Å². The standard InChI is InChI=1S/C15H16N2O3/c1-2-16-9-11-5-3-4-6-13(11)17-15(19)12-7-8-14(18)20-10-12/h3-8,10,16H,2,9H2,1H3,(H,17,19). The number of carbonyl (C=O) groups is 1. The van der Waals surface area contributed by atoms with Gasteiger partial charge in [-0.3, -0.25) is 4.79 Å². The summed E-state index contributed by atoms with van der Waals surface area (Å²) in [6.07, 6.45) is 1.16. The van der Waals surface area contributed by atoms with E-state index in [9.17, 15) is 9.59 Å². The Morgan fingerprint density at radius 3 is 2.70 bits per heavy atom. The number of para-hydroxylation sites is 1. The van der Waals surface area contributed by atoms with Gasteiger partial charge < -0.3 is 15.1 Å². The van der Waals surface area contributed by atoms with E-state index in [1.54, 1.807) is 0 Å². The van der Waals surface area contributed by atoms with E-state index >= 15 is 0 Å². The number of amides is 1. The van der Waals surface area contributed by atoms with Crippen LogP contribution in [0.2, 0.25) is 0 Å². The van der Waals surface area contributed by atoms with E-state index in [0.717, 1.165) is 24.1 Å². The normalized spacial score (nSPS) is 10.2. The zero-order chi connectivity index (χ0) is 14.4. The Labute approximate surface area is 116 Å². The van der Waals surface area contributed by atoms with Gasteiger partial charge >= 0.3 is 5.63 Å². The number of anilines is 1. The molecule has 20 heavy (non-hydrogen) atoms. The molecular weight excluding hydrogens is 256 g/mol. The topological polar surface area (TPSA) is 71.3 Å². The van der Waals surface area contributed by atoms with Crippen molar-refractivity contribution in [2.45, 2.75) is 13.5 Å². The molecule has 0 aliphatic heterocycles. The fourth-order valence-electron chi connectivity index (χ4n) is 1.74. The van der Waals surface area contributed by atoms with Gasteiger partial charge in [-0.25, -0.2) is 4.79 Å². The third kappa shape index (κ3) is 3.55. The Morgan fingerprint density at radius 2 is 2.00 bits per heavy atom. The van der Waals surface area contributed by atoms with E-state index in [1.165, 1.54) is 12.1 Å². The number of rotatable bonds is 5. The van der Waals surface area contributed by atoms with E-state index in [2.05, 4.69) is 15.1 Å². The Kier molecular flexibility index (Phi) is 4.68. The van der Waals surface area contributed by atoms with Gasteiger partial charge in [-0.05, 0) is 24.2 Å². The van der Waals surface area contributed by atoms with Crippen LogP contribution >= 0.6 is 0 Å². The molecule has 0 saturated carbocycles. The molecule has 0 unspecified atom stereocenters. The van der Waals surface area contributed by atoms with Crippen molar-refractivity contribution in [1.29, 1.82) is 0 Å². The van der Waals surface area contributed by atoms with E-state index in [0.29, 0.717) is 12.1 Å². The molecule has 2 N–H and O–H groups in total. The van der Waals surface area contributed by atoms with Crippen molar-refractivity contribution in [3.8, 4) is 0 Å². The molecule has 0 bridgehead atoms. The summed E-state index contributed by atoms with van der Waals surface area (Å²) in [5, 5.41) is 6.03. The maximum atomic E-state index is 12.1. The highest BCUT2D eigenvalue weighted by Crippen LogP contribution is 2.15. The first-order valence-corrected chi connectivity index (χ1v) is 6.39. The molecule has 0 spiro atoms. The summed E-state index contributed by atoms with van der Waals surface area (Å²) in [5.41, 5.74) is 1.57. The predicted octanol–water partition coefficient (Wildman–Crippen LogP) is 2.00. The van der Waals surface area contributed by atoms with Gasteiger partial charge in [-0.15, -0.1) is 0 Å². The van der Waals surface area contributed by atoms with Gasteiger partial charge in [0.2, 0.25) is 0 Å². The van der Waals surface area contributed by atoms with Crippen LogP contribution in [-0.4, -0.2) is 12.5 Å². The molecule has 0 aliphatic carbocycles. The molecule has 5 heteroatoms. The molecule has 1 aromatic carbocycles. The van der Waals surface area contributed by atoms with Gasteiger partial charge in [0.05, 0.1) is 5.56 Å². The Bertz CT molecular complexity index is 629. The lowest BCUT2D eigenvalue weighted by Gasteiger charge is -2.11. The van der Waals surface area contributed by atoms with Crippen LogP contribution in [0.4, 0.5) is 5.69 Å². The smallest absolute Gasteiger partial charge is 0.335 e. The van der Waals surface area contributed by atoms with E-state index in [1.807, 2.05) is 31.2 Å². The van der Waals surface area contributed by atoms with Crippen LogP contribution in [-0.2, 0) is 6.54 Å². The third-order valence-corrected chi connectivity index (χ3v) is 2.79. The maximum Gasteiger partial charge on any atom is 0.335 e. The van der Waals surface area contributed by atoms with Crippen LogP contribution in [0.25, 0.3) is 0 Å². The molecule has 2 aromatic rings. The number of hydrogen-bond donors (Lipinski definition) is 2. The molecule has 0 saturated heterocycles. The van der Waals surface area contributed by atoms with Crippen molar-refractivity contribution in [3.05, 3.63) is 64.2 Å². The average Bonchev–Trinajstić information content (AvgIpc) is 2.47. The second kappa shape index (κ2) is 6.68. The minimum atomic E-state index is -0.478. The lowest BCUT2D eigenvalue weighted by atomic mass is 10.1. The molecule has 2 rings (SSSR count). The Morgan fingerprint density at radius 1 is 1.20 bits per heavy atom. The van der Waals surface area contributed by atoms with Crippen LogP contribution in [0.15, 0.2) is 51.9 Å². The summed E-state index contributed by atoms with van der Waals surface area (Å²) in [6.45, 7) is 3.55. The summed E-state index contributed by atoms with van der Waals surface area (Å²) in [5.74, 6) is -0.308. The fraction of sp³-hybridized carbons (Fsp3) is 0.200. The first-order valence-electron chi connectivity index (χ1n) is 6.39. The van der Waals surface area contributed by atoms with Gasteiger partial charge in [0.1, 0.15) is 6.26 Å². The van der Waals surface area contributed by atoms with E-state index in [4.69, 9.17) is 0 Å². The molecule has 1 heterocycles. The van der Waals surface area contributed by atoms with Crippen molar-refractivity contribution in [1.82, 2.24) is 5.32 Å². The summed E-state index contributed by atoms with van der Waals surface area (Å²) >= 11 is 0. The minimum Gasteiger partial charge on any atom is -0.430 e. The zero-order valence-corrected chi connectivity index (χ0v) is 11.2. The summed E-state index contributed by atoms with van der Waals surface area (Å²) in [6, 6.07) is 10.2. The van der Waals surface area contributed by atoms with Gasteiger partial charge in [0.15, 0.2) is 0 Å². The van der Waals surface area contributed by atoms with Crippen LogP contribution in [0.3, 0.4) is 0 Å². The molecule has 0 fully saturated rings. The highest BCUT2D eigenvalue weighted by Gasteiger charge is 2.09. The Hall–Kier alpha value is -2.40. The van der Waals surface area contributed by atoms with Crippen LogP contribution in [0, 0.1) is 0 Å². The van der Waals surface area contributed by atoms with E-state index < -0.39 is 5.63 Å². The van der Waals surface area contributed by atoms with Crippen molar-refractivity contribution < 1.29 is 9.21 Å². The first kappa shape index (κ1) is 14.0. The van der Waals surface area contributed by atoms with Gasteiger partial charge in [-0.1, -0.05) is 25.1 Å². The minimum absolute atomic E-state index is 0.308. The largest absolute Gasteiger partial charge is 0.430 e. The van der Waals surface area contributed by atoms with Crippen molar-refractivity contribution in [2.75, 3.05) is 11.9 Å². The number of nitrogens with one attached hydrogen (secondary N) is 2. The average molecular weight is 272 g/mol. The lowest BCUT2D eigenvalue weighted by molar-refractivity contribution is 0.102. The molecule has 5 nitrogen and oxygen atoms in total. The van der Waals surface area contributed by atoms with Gasteiger partial charge in [0, 0.05) is 18.3 Å². The van der Waals surface area contributed by atoms with Crippen LogP contribution < -0.4 is 16.3 Å². The Balaban J connectivity index is 2.15. The first-order chi connectivity index (χ1) is 9.70. The fourth-order valence-corrected chi connectivity index (χ4v) is 1.74. The van der Waals surface area contributed by atoms with Crippen LogP contribution in [0.1, 0.15) is 22.8 Å². The summed E-state index contributed by atoms with van der Waals surface area (Å²) in [4.78, 5) is 22.9. The molecule has 104 valence electrons. The second-order valence-corrected chi connectivity index (χ2v) is 4.24. The quantitative estimate of drug-likeness (QED) is 0.873. The van der Waals surface area contributed by atoms with Crippen molar-refractivity contribution in [3.63, 3.8) is 0 Å². The summed E-state index contributed by atoms with van der Waals surface area (Å²) in [7, 11) is 0. The van der Waals surface area contributed by atoms with Crippen LogP contribution in [0.5, 0.6) is 0 Å². The lowest BCUT2D eigenvalue weighted by Crippen LogP contribution is -2.17. The molecule has 0 atom stereocenters. The number of carbonyl (C=O) groups excluding carboxylic acids is 1. The highest BCUT2D eigenvalue weighted by atomic mass is 16.4. The third-order valence-electron chi connectivity index (χ3n) is 2.79. The molecule has 1 aromatic heterocycles.